The van der Waals surface area contributed by atoms with Crippen LogP contribution in [0, 0.1) is 5.92 Å². The summed E-state index contributed by atoms with van der Waals surface area (Å²) in [6, 6.07) is -1.09. The average Bonchev–Trinajstić information content (AvgIpc) is 2.96. The van der Waals surface area contributed by atoms with E-state index in [1.165, 1.54) is 0 Å². The van der Waals surface area contributed by atoms with E-state index in [2.05, 4.69) is 10.0 Å². The predicted octanol–water partition coefficient (Wildman–Crippen LogP) is 0.999. The summed E-state index contributed by atoms with van der Waals surface area (Å²) in [4.78, 5) is 13.8. The molecule has 0 aromatic heterocycles. The van der Waals surface area contributed by atoms with Crippen molar-refractivity contribution >= 4 is 5.97 Å². The molecule has 0 aliphatic heterocycles. The first kappa shape index (κ1) is 10.8. The van der Waals surface area contributed by atoms with Crippen LogP contribution in [0.3, 0.4) is 0 Å². The van der Waals surface area contributed by atoms with Crippen molar-refractivity contribution in [1.82, 2.24) is 0 Å². The van der Waals surface area contributed by atoms with E-state index in [-0.39, 0.29) is 12.5 Å². The van der Waals surface area contributed by atoms with E-state index in [4.69, 9.17) is 10.3 Å². The Hall–Kier alpha value is -1.26. The van der Waals surface area contributed by atoms with Crippen molar-refractivity contribution in [3.05, 3.63) is 10.4 Å². The summed E-state index contributed by atoms with van der Waals surface area (Å²) in [5, 5.41) is 12.9. The molecule has 0 bridgehead atoms. The van der Waals surface area contributed by atoms with Crippen LogP contribution in [0.5, 0.6) is 0 Å². The highest BCUT2D eigenvalue weighted by Crippen LogP contribution is 2.34. The largest absolute Gasteiger partial charge is 0.466 e. The van der Waals surface area contributed by atoms with Gasteiger partial charge >= 0.3 is 5.97 Å². The SMILES string of the molecule is CCOC(=O)[C@H](N=[N+]=[N-])[C@H](O)C1CC1. The van der Waals surface area contributed by atoms with Crippen molar-refractivity contribution in [1.29, 1.82) is 0 Å². The van der Waals surface area contributed by atoms with Crippen LogP contribution in [-0.2, 0) is 9.53 Å². The molecule has 6 nitrogen and oxygen atoms in total. The molecule has 78 valence electrons. The number of rotatable bonds is 5. The minimum absolute atomic E-state index is 0.0786. The van der Waals surface area contributed by atoms with Gasteiger partial charge in [0.1, 0.15) is 0 Å². The van der Waals surface area contributed by atoms with Crippen LogP contribution in [0.2, 0.25) is 0 Å². The number of azide groups is 1. The standard InChI is InChI=1S/C8H13N3O3/c1-2-14-8(13)6(10-11-9)7(12)5-3-4-5/h5-7,12H,2-4H2,1H3/t6-,7-/m1/s1. The first-order valence-electron chi connectivity index (χ1n) is 4.59. The number of aliphatic hydroxyl groups excluding tert-OH is 1. The van der Waals surface area contributed by atoms with Crippen molar-refractivity contribution in [3.8, 4) is 0 Å². The van der Waals surface area contributed by atoms with Crippen LogP contribution in [0.25, 0.3) is 10.4 Å². The Morgan fingerprint density at radius 2 is 2.43 bits per heavy atom. The minimum atomic E-state index is -1.09. The molecule has 2 atom stereocenters. The van der Waals surface area contributed by atoms with Gasteiger partial charge in [-0.1, -0.05) is 5.11 Å². The van der Waals surface area contributed by atoms with Crippen molar-refractivity contribution in [2.24, 2.45) is 11.0 Å². The van der Waals surface area contributed by atoms with Gasteiger partial charge in [-0.2, -0.15) is 0 Å². The molecule has 1 N–H and O–H groups in total. The van der Waals surface area contributed by atoms with Crippen LogP contribution in [0.1, 0.15) is 19.8 Å². The first-order valence-corrected chi connectivity index (χ1v) is 4.59. The second-order valence-corrected chi connectivity index (χ2v) is 3.23. The molecule has 0 amide bonds. The smallest absolute Gasteiger partial charge is 0.317 e. The zero-order valence-electron chi connectivity index (χ0n) is 7.96. The van der Waals surface area contributed by atoms with Crippen molar-refractivity contribution in [2.45, 2.75) is 31.9 Å². The van der Waals surface area contributed by atoms with Crippen molar-refractivity contribution in [2.75, 3.05) is 6.61 Å². The quantitative estimate of drug-likeness (QED) is 0.309. The highest BCUT2D eigenvalue weighted by molar-refractivity contribution is 5.76. The maximum Gasteiger partial charge on any atom is 0.317 e. The molecule has 0 heterocycles. The molecule has 1 fully saturated rings. The lowest BCUT2D eigenvalue weighted by atomic mass is 10.1. The summed E-state index contributed by atoms with van der Waals surface area (Å²) in [6.07, 6.45) is 0.848. The van der Waals surface area contributed by atoms with Crippen LogP contribution in [0.4, 0.5) is 0 Å². The zero-order valence-corrected chi connectivity index (χ0v) is 7.96. The summed E-state index contributed by atoms with van der Waals surface area (Å²) in [5.41, 5.74) is 8.24. The van der Waals surface area contributed by atoms with Gasteiger partial charge in [0.15, 0.2) is 6.04 Å². The van der Waals surface area contributed by atoms with Crippen molar-refractivity contribution < 1.29 is 14.6 Å². The Balaban J connectivity index is 2.61. The third kappa shape index (κ3) is 2.61. The molecule has 6 heteroatoms. The number of esters is 1. The van der Waals surface area contributed by atoms with Gasteiger partial charge in [0.2, 0.25) is 0 Å². The second kappa shape index (κ2) is 4.83. The highest BCUT2D eigenvalue weighted by Gasteiger charge is 2.38. The molecule has 0 unspecified atom stereocenters. The third-order valence-electron chi connectivity index (χ3n) is 2.13. The fourth-order valence-corrected chi connectivity index (χ4v) is 1.23. The van der Waals surface area contributed by atoms with Crippen LogP contribution >= 0.6 is 0 Å². The van der Waals surface area contributed by atoms with Gasteiger partial charge < -0.3 is 9.84 Å². The number of ether oxygens (including phenoxy) is 1. The summed E-state index contributed by atoms with van der Waals surface area (Å²) in [5.74, 6) is -0.570. The number of carbonyl (C=O) groups is 1. The summed E-state index contributed by atoms with van der Waals surface area (Å²) < 4.78 is 4.69. The Kier molecular flexibility index (Phi) is 3.73. The Bertz CT molecular complexity index is 259. The van der Waals surface area contributed by atoms with Crippen LogP contribution in [-0.4, -0.2) is 29.8 Å². The molecular formula is C8H13N3O3. The van der Waals surface area contributed by atoms with E-state index < -0.39 is 18.1 Å². The van der Waals surface area contributed by atoms with E-state index in [0.717, 1.165) is 12.8 Å². The predicted molar refractivity (Wildman–Crippen MR) is 48.3 cm³/mol. The number of aliphatic hydroxyl groups is 1. The van der Waals surface area contributed by atoms with Gasteiger partial charge in [-0.15, -0.1) is 0 Å². The summed E-state index contributed by atoms with van der Waals surface area (Å²) in [7, 11) is 0. The lowest BCUT2D eigenvalue weighted by molar-refractivity contribution is -0.147. The average molecular weight is 199 g/mol. The molecular weight excluding hydrogens is 186 g/mol. The Morgan fingerprint density at radius 1 is 1.79 bits per heavy atom. The lowest BCUT2D eigenvalue weighted by Crippen LogP contribution is -2.35. The molecule has 1 aliphatic carbocycles. The molecule has 0 spiro atoms. The van der Waals surface area contributed by atoms with E-state index in [9.17, 15) is 9.90 Å². The fraction of sp³-hybridized carbons (Fsp3) is 0.875. The zero-order chi connectivity index (χ0) is 10.6. The molecule has 0 radical (unpaired) electrons. The lowest BCUT2D eigenvalue weighted by Gasteiger charge is -2.15. The van der Waals surface area contributed by atoms with Gasteiger partial charge in [-0.25, -0.2) is 0 Å². The second-order valence-electron chi connectivity index (χ2n) is 3.23. The maximum absolute atomic E-state index is 11.3. The molecule has 14 heavy (non-hydrogen) atoms. The maximum atomic E-state index is 11.3. The molecule has 0 aromatic rings. The van der Waals surface area contributed by atoms with Gasteiger partial charge in [0, 0.05) is 4.91 Å². The van der Waals surface area contributed by atoms with Crippen molar-refractivity contribution in [3.63, 3.8) is 0 Å². The van der Waals surface area contributed by atoms with Crippen LogP contribution < -0.4 is 0 Å². The molecule has 0 aromatic carbocycles. The van der Waals surface area contributed by atoms with E-state index in [1.54, 1.807) is 6.92 Å². The number of hydrogen-bond acceptors (Lipinski definition) is 4. The summed E-state index contributed by atoms with van der Waals surface area (Å²) >= 11 is 0. The van der Waals surface area contributed by atoms with Gasteiger partial charge in [0.05, 0.1) is 12.7 Å². The Morgan fingerprint density at radius 3 is 2.86 bits per heavy atom. The van der Waals surface area contributed by atoms with Gasteiger partial charge in [-0.05, 0) is 31.2 Å². The number of hydrogen-bond donors (Lipinski definition) is 1. The van der Waals surface area contributed by atoms with E-state index in [1.807, 2.05) is 0 Å². The first-order chi connectivity index (χ1) is 6.70. The molecule has 1 rings (SSSR count). The molecule has 0 saturated heterocycles. The minimum Gasteiger partial charge on any atom is -0.466 e. The van der Waals surface area contributed by atoms with Crippen LogP contribution in [0.15, 0.2) is 5.11 Å². The highest BCUT2D eigenvalue weighted by atomic mass is 16.5. The number of carbonyl (C=O) groups excluding carboxylic acids is 1. The molecule has 1 aliphatic rings. The van der Waals surface area contributed by atoms with Gasteiger partial charge in [0.25, 0.3) is 0 Å². The topological polar surface area (TPSA) is 95.3 Å². The molecule has 1 saturated carbocycles. The number of nitrogens with zero attached hydrogens (tertiary/aromatic N) is 3. The van der Waals surface area contributed by atoms with Gasteiger partial charge in [-0.3, -0.25) is 4.79 Å². The Labute approximate surface area is 81.5 Å². The normalized spacial score (nSPS) is 19.3. The summed E-state index contributed by atoms with van der Waals surface area (Å²) in [6.45, 7) is 1.88. The monoisotopic (exact) mass is 199 g/mol. The van der Waals surface area contributed by atoms with E-state index >= 15 is 0 Å². The third-order valence-corrected chi connectivity index (χ3v) is 2.13. The van der Waals surface area contributed by atoms with E-state index in [0.29, 0.717) is 0 Å². The fourth-order valence-electron chi connectivity index (χ4n) is 1.23.